The smallest absolute Gasteiger partial charge is 0.139 e. The van der Waals surface area contributed by atoms with Gasteiger partial charge in [-0.25, -0.2) is 0 Å². The molecule has 0 saturated carbocycles. The van der Waals surface area contributed by atoms with Gasteiger partial charge in [0.05, 0.1) is 11.4 Å². The highest BCUT2D eigenvalue weighted by Gasteiger charge is 2.13. The lowest BCUT2D eigenvalue weighted by molar-refractivity contribution is 0.475. The Kier molecular flexibility index (Phi) is 3.28. The van der Waals surface area contributed by atoms with Crippen LogP contribution in [0, 0.1) is 0 Å². The van der Waals surface area contributed by atoms with Gasteiger partial charge in [-0.2, -0.15) is 0 Å². The van der Waals surface area contributed by atoms with Crippen molar-refractivity contribution < 1.29 is 20.4 Å². The van der Waals surface area contributed by atoms with Crippen molar-refractivity contribution in [3.8, 4) is 23.0 Å². The van der Waals surface area contributed by atoms with Gasteiger partial charge < -0.3 is 25.7 Å². The maximum atomic E-state index is 10.3. The molecule has 0 saturated heterocycles. The second kappa shape index (κ2) is 5.49. The fraction of sp³-hybridized carbons (Fsp3) is 0. The molecule has 5 N–H and O–H groups in total. The first-order chi connectivity index (χ1) is 12.0. The van der Waals surface area contributed by atoms with E-state index in [1.165, 1.54) is 12.1 Å². The molecule has 0 amide bonds. The normalized spacial score (nSPS) is 11.0. The molecule has 0 radical (unpaired) electrons. The molecule has 0 aliphatic carbocycles. The van der Waals surface area contributed by atoms with Crippen LogP contribution >= 0.6 is 0 Å². The fourth-order valence-corrected chi connectivity index (χ4v) is 2.98. The molecule has 4 rings (SSSR count). The van der Waals surface area contributed by atoms with Crippen LogP contribution in [0.15, 0.2) is 60.7 Å². The van der Waals surface area contributed by atoms with Crippen molar-refractivity contribution >= 4 is 32.9 Å². The summed E-state index contributed by atoms with van der Waals surface area (Å²) in [5, 5.41) is 46.1. The average Bonchev–Trinajstić information content (AvgIpc) is 2.59. The van der Waals surface area contributed by atoms with Gasteiger partial charge in [-0.3, -0.25) is 0 Å². The quantitative estimate of drug-likeness (QED) is 0.347. The minimum atomic E-state index is -0.0188. The molecule has 0 atom stereocenters. The molecule has 0 aliphatic rings. The predicted octanol–water partition coefficient (Wildman–Crippen LogP) is 4.56. The van der Waals surface area contributed by atoms with Crippen molar-refractivity contribution in [2.24, 2.45) is 0 Å². The van der Waals surface area contributed by atoms with E-state index in [-0.39, 0.29) is 23.0 Å². The summed E-state index contributed by atoms with van der Waals surface area (Å²) in [6.45, 7) is 0. The minimum Gasteiger partial charge on any atom is -0.508 e. The minimum absolute atomic E-state index is 0.0188. The zero-order valence-corrected chi connectivity index (χ0v) is 13.1. The Labute approximate surface area is 143 Å². The highest BCUT2D eigenvalue weighted by Crippen LogP contribution is 2.41. The Morgan fingerprint density at radius 2 is 0.920 bits per heavy atom. The zero-order valence-electron chi connectivity index (χ0n) is 13.1. The number of phenols is 4. The van der Waals surface area contributed by atoms with Gasteiger partial charge in [0, 0.05) is 10.8 Å². The van der Waals surface area contributed by atoms with Gasteiger partial charge >= 0.3 is 0 Å². The maximum absolute atomic E-state index is 10.3. The summed E-state index contributed by atoms with van der Waals surface area (Å²) >= 11 is 0. The van der Waals surface area contributed by atoms with E-state index in [1.807, 2.05) is 0 Å². The Morgan fingerprint density at radius 3 is 1.36 bits per heavy atom. The van der Waals surface area contributed by atoms with Crippen LogP contribution in [0.3, 0.4) is 0 Å². The molecule has 5 nitrogen and oxygen atoms in total. The Hall–Kier alpha value is -3.60. The van der Waals surface area contributed by atoms with Crippen LogP contribution in [0.2, 0.25) is 0 Å². The van der Waals surface area contributed by atoms with E-state index in [1.54, 1.807) is 48.5 Å². The molecular formula is C20H15NO4. The van der Waals surface area contributed by atoms with Gasteiger partial charge in [0.2, 0.25) is 0 Å². The highest BCUT2D eigenvalue weighted by atomic mass is 16.3. The SMILES string of the molecule is Oc1ccc2ccc(O)c(Nc3c(O)ccc4ccc(O)cc34)c2c1. The van der Waals surface area contributed by atoms with E-state index >= 15 is 0 Å². The van der Waals surface area contributed by atoms with Crippen LogP contribution in [0.25, 0.3) is 21.5 Å². The molecule has 4 aromatic carbocycles. The van der Waals surface area contributed by atoms with E-state index in [4.69, 9.17) is 0 Å². The number of anilines is 2. The lowest BCUT2D eigenvalue weighted by Gasteiger charge is -2.15. The third-order valence-electron chi connectivity index (χ3n) is 4.22. The van der Waals surface area contributed by atoms with Gasteiger partial charge in [0.15, 0.2) is 0 Å². The standard InChI is InChI=1S/C20H15NO4/c22-13-5-1-11-3-7-17(24)19(15(11)9-13)21-20-16-10-14(23)6-2-12(16)4-8-18(20)25/h1-10,21-25H. The van der Waals surface area contributed by atoms with Crippen LogP contribution in [0.4, 0.5) is 11.4 Å². The third kappa shape index (κ3) is 2.52. The summed E-state index contributed by atoms with van der Waals surface area (Å²) in [7, 11) is 0. The maximum Gasteiger partial charge on any atom is 0.139 e. The number of aromatic hydroxyl groups is 4. The van der Waals surface area contributed by atoms with Crippen molar-refractivity contribution in [2.45, 2.75) is 0 Å². The number of rotatable bonds is 2. The first-order valence-electron chi connectivity index (χ1n) is 7.69. The van der Waals surface area contributed by atoms with Gasteiger partial charge in [-0.15, -0.1) is 0 Å². The molecule has 0 bridgehead atoms. The number of phenolic OH excluding ortho intramolecular Hbond substituents is 4. The second-order valence-electron chi connectivity index (χ2n) is 5.86. The second-order valence-corrected chi connectivity index (χ2v) is 5.86. The summed E-state index contributed by atoms with van der Waals surface area (Å²) in [6.07, 6.45) is 0. The molecule has 0 heterocycles. The van der Waals surface area contributed by atoms with Crippen molar-refractivity contribution in [3.05, 3.63) is 60.7 Å². The van der Waals surface area contributed by atoms with Gasteiger partial charge in [-0.05, 0) is 47.2 Å². The molecule has 0 aliphatic heterocycles. The van der Waals surface area contributed by atoms with E-state index in [2.05, 4.69) is 5.32 Å². The number of nitrogens with one attached hydrogen (secondary N) is 1. The molecule has 5 heteroatoms. The Balaban J connectivity index is 1.97. The van der Waals surface area contributed by atoms with Crippen molar-refractivity contribution in [3.63, 3.8) is 0 Å². The van der Waals surface area contributed by atoms with E-state index in [9.17, 15) is 20.4 Å². The molecular weight excluding hydrogens is 318 g/mol. The molecule has 0 spiro atoms. The summed E-state index contributed by atoms with van der Waals surface area (Å²) in [5.74, 6) is 0.103. The highest BCUT2D eigenvalue weighted by molar-refractivity contribution is 6.04. The molecule has 124 valence electrons. The summed E-state index contributed by atoms with van der Waals surface area (Å²) < 4.78 is 0. The number of hydrogen-bond donors (Lipinski definition) is 5. The van der Waals surface area contributed by atoms with Crippen LogP contribution in [-0.2, 0) is 0 Å². The zero-order chi connectivity index (χ0) is 17.6. The molecule has 0 aromatic heterocycles. The van der Waals surface area contributed by atoms with Crippen molar-refractivity contribution in [1.29, 1.82) is 0 Å². The topological polar surface area (TPSA) is 93.0 Å². The summed E-state index contributed by atoms with van der Waals surface area (Å²) in [4.78, 5) is 0. The van der Waals surface area contributed by atoms with Crippen LogP contribution in [0.1, 0.15) is 0 Å². The molecule has 0 fully saturated rings. The summed E-state index contributed by atoms with van der Waals surface area (Å²) in [6, 6.07) is 16.3. The van der Waals surface area contributed by atoms with Crippen LogP contribution in [0.5, 0.6) is 23.0 Å². The van der Waals surface area contributed by atoms with Gasteiger partial charge in [0.1, 0.15) is 23.0 Å². The number of fused-ring (bicyclic) bond motifs is 2. The van der Waals surface area contributed by atoms with E-state index in [0.29, 0.717) is 22.1 Å². The van der Waals surface area contributed by atoms with Crippen molar-refractivity contribution in [1.82, 2.24) is 0 Å². The Morgan fingerprint density at radius 1 is 0.520 bits per heavy atom. The molecule has 25 heavy (non-hydrogen) atoms. The largest absolute Gasteiger partial charge is 0.508 e. The van der Waals surface area contributed by atoms with Gasteiger partial charge in [0.25, 0.3) is 0 Å². The van der Waals surface area contributed by atoms with E-state index in [0.717, 1.165) is 10.8 Å². The first-order valence-corrected chi connectivity index (χ1v) is 7.69. The van der Waals surface area contributed by atoms with Crippen molar-refractivity contribution in [2.75, 3.05) is 5.32 Å². The first kappa shape index (κ1) is 15.0. The third-order valence-corrected chi connectivity index (χ3v) is 4.22. The number of hydrogen-bond acceptors (Lipinski definition) is 5. The van der Waals surface area contributed by atoms with E-state index < -0.39 is 0 Å². The molecule has 4 aromatic rings. The summed E-state index contributed by atoms with van der Waals surface area (Å²) in [5.41, 5.74) is 0.721. The average molecular weight is 333 g/mol. The van der Waals surface area contributed by atoms with Crippen LogP contribution in [-0.4, -0.2) is 20.4 Å². The Bertz CT molecular complexity index is 1020. The van der Waals surface area contributed by atoms with Gasteiger partial charge in [-0.1, -0.05) is 24.3 Å². The van der Waals surface area contributed by atoms with Crippen LogP contribution < -0.4 is 5.32 Å². The number of benzene rings is 4. The molecule has 0 unspecified atom stereocenters. The lowest BCUT2D eigenvalue weighted by atomic mass is 10.0. The lowest BCUT2D eigenvalue weighted by Crippen LogP contribution is -1.94. The predicted molar refractivity (Wildman–Crippen MR) is 97.8 cm³/mol. The fourth-order valence-electron chi connectivity index (χ4n) is 2.98. The monoisotopic (exact) mass is 333 g/mol.